The minimum atomic E-state index is -0.642. The molecule has 0 aliphatic heterocycles. The molecule has 0 bridgehead atoms. The Morgan fingerprint density at radius 2 is 2.33 bits per heavy atom. The molecule has 1 unspecified atom stereocenters. The number of fused-ring (bicyclic) bond motifs is 1. The maximum Gasteiger partial charge on any atom is 0.134 e. The van der Waals surface area contributed by atoms with Crippen molar-refractivity contribution >= 4 is 27.2 Å². The lowest BCUT2D eigenvalue weighted by molar-refractivity contribution is 0.162. The molecule has 0 aliphatic rings. The van der Waals surface area contributed by atoms with Crippen molar-refractivity contribution in [3.63, 3.8) is 0 Å². The minimum absolute atomic E-state index is 0.415. The first kappa shape index (κ1) is 11.3. The Morgan fingerprint density at radius 1 is 1.39 bits per heavy atom. The Hall–Kier alpha value is -1.85. The molecule has 4 nitrogen and oxygen atoms in total. The van der Waals surface area contributed by atoms with Gasteiger partial charge in [-0.2, -0.15) is 0 Å². The monoisotopic (exact) mass is 260 g/mol. The van der Waals surface area contributed by atoms with E-state index in [9.17, 15) is 5.11 Å². The number of hydrogen-bond acceptors (Lipinski definition) is 5. The molecule has 0 saturated carbocycles. The van der Waals surface area contributed by atoms with E-state index in [1.165, 1.54) is 0 Å². The van der Waals surface area contributed by atoms with Crippen LogP contribution in [0.2, 0.25) is 0 Å². The molecule has 5 heteroatoms. The van der Waals surface area contributed by atoms with Gasteiger partial charge in [0.2, 0.25) is 0 Å². The number of thiazole rings is 1. The molecule has 2 heterocycles. The predicted octanol–water partition coefficient (Wildman–Crippen LogP) is 3.03. The van der Waals surface area contributed by atoms with Crippen molar-refractivity contribution in [3.05, 3.63) is 47.9 Å². The molecule has 1 atom stereocenters. The number of aliphatic hydroxyl groups is 1. The van der Waals surface area contributed by atoms with Crippen LogP contribution in [0.1, 0.15) is 11.9 Å². The first-order valence-electron chi connectivity index (χ1n) is 5.61. The van der Waals surface area contributed by atoms with Crippen LogP contribution in [0.3, 0.4) is 0 Å². The first-order valence-corrected chi connectivity index (χ1v) is 6.49. The van der Waals surface area contributed by atoms with Gasteiger partial charge in [0, 0.05) is 12.2 Å². The van der Waals surface area contributed by atoms with Gasteiger partial charge in [0.15, 0.2) is 0 Å². The largest absolute Gasteiger partial charge is 0.467 e. The van der Waals surface area contributed by atoms with Crippen LogP contribution in [-0.4, -0.2) is 16.6 Å². The molecular formula is C13H12N2O2S. The Bertz CT molecular complexity index is 633. The van der Waals surface area contributed by atoms with Gasteiger partial charge in [0.05, 0.1) is 22.0 Å². The average molecular weight is 260 g/mol. The summed E-state index contributed by atoms with van der Waals surface area (Å²) in [7, 11) is 0. The van der Waals surface area contributed by atoms with E-state index in [0.717, 1.165) is 15.9 Å². The number of aromatic nitrogens is 1. The fraction of sp³-hybridized carbons (Fsp3) is 0.154. The lowest BCUT2D eigenvalue weighted by Gasteiger charge is -2.10. The van der Waals surface area contributed by atoms with E-state index in [-0.39, 0.29) is 0 Å². The number of furan rings is 1. The molecule has 3 rings (SSSR count). The Balaban J connectivity index is 1.69. The minimum Gasteiger partial charge on any atom is -0.467 e. The smallest absolute Gasteiger partial charge is 0.134 e. The van der Waals surface area contributed by atoms with Gasteiger partial charge >= 0.3 is 0 Å². The van der Waals surface area contributed by atoms with Crippen molar-refractivity contribution in [2.24, 2.45) is 0 Å². The molecule has 0 amide bonds. The zero-order chi connectivity index (χ0) is 12.4. The highest BCUT2D eigenvalue weighted by Crippen LogP contribution is 2.22. The van der Waals surface area contributed by atoms with Crippen molar-refractivity contribution in [1.29, 1.82) is 0 Å². The van der Waals surface area contributed by atoms with E-state index in [1.54, 1.807) is 29.7 Å². The summed E-state index contributed by atoms with van der Waals surface area (Å²) in [6.07, 6.45) is 0.916. The van der Waals surface area contributed by atoms with E-state index in [2.05, 4.69) is 10.3 Å². The van der Waals surface area contributed by atoms with E-state index in [1.807, 2.05) is 23.7 Å². The Labute approximate surface area is 108 Å². The van der Waals surface area contributed by atoms with Crippen LogP contribution in [0, 0.1) is 0 Å². The zero-order valence-corrected chi connectivity index (χ0v) is 10.4. The normalized spacial score (nSPS) is 12.7. The fourth-order valence-electron chi connectivity index (χ4n) is 1.76. The standard InChI is InChI=1S/C13H12N2O2S/c16-11(12-2-1-5-17-12)7-14-9-3-4-10-13(6-9)18-8-15-10/h1-6,8,11,14,16H,7H2. The van der Waals surface area contributed by atoms with Crippen molar-refractivity contribution in [3.8, 4) is 0 Å². The highest BCUT2D eigenvalue weighted by atomic mass is 32.1. The summed E-state index contributed by atoms with van der Waals surface area (Å²) in [6.45, 7) is 0.415. The van der Waals surface area contributed by atoms with Crippen molar-refractivity contribution in [1.82, 2.24) is 4.98 Å². The summed E-state index contributed by atoms with van der Waals surface area (Å²) in [5, 5.41) is 13.1. The molecule has 0 fully saturated rings. The van der Waals surface area contributed by atoms with E-state index in [0.29, 0.717) is 12.3 Å². The van der Waals surface area contributed by atoms with Gasteiger partial charge in [-0.3, -0.25) is 0 Å². The van der Waals surface area contributed by atoms with E-state index in [4.69, 9.17) is 4.42 Å². The summed E-state index contributed by atoms with van der Waals surface area (Å²) in [4.78, 5) is 4.22. The molecule has 92 valence electrons. The van der Waals surface area contributed by atoms with Crippen molar-refractivity contribution < 1.29 is 9.52 Å². The third kappa shape index (κ3) is 2.23. The van der Waals surface area contributed by atoms with Crippen molar-refractivity contribution in [2.45, 2.75) is 6.10 Å². The maximum atomic E-state index is 9.88. The van der Waals surface area contributed by atoms with Gasteiger partial charge in [-0.05, 0) is 30.3 Å². The molecule has 0 aliphatic carbocycles. The second-order valence-corrected chi connectivity index (χ2v) is 4.83. The predicted molar refractivity (Wildman–Crippen MR) is 71.8 cm³/mol. The maximum absolute atomic E-state index is 9.88. The van der Waals surface area contributed by atoms with Crippen LogP contribution in [0.5, 0.6) is 0 Å². The Morgan fingerprint density at radius 3 is 3.17 bits per heavy atom. The highest BCUT2D eigenvalue weighted by molar-refractivity contribution is 7.16. The number of benzene rings is 1. The molecule has 3 aromatic rings. The number of anilines is 1. The van der Waals surface area contributed by atoms with Crippen LogP contribution >= 0.6 is 11.3 Å². The lowest BCUT2D eigenvalue weighted by atomic mass is 10.2. The second kappa shape index (κ2) is 4.80. The summed E-state index contributed by atoms with van der Waals surface area (Å²) < 4.78 is 6.28. The van der Waals surface area contributed by atoms with Crippen LogP contribution in [0.4, 0.5) is 5.69 Å². The molecule has 1 aromatic carbocycles. The summed E-state index contributed by atoms with van der Waals surface area (Å²) in [6, 6.07) is 9.48. The average Bonchev–Trinajstić information content (AvgIpc) is 3.05. The third-order valence-electron chi connectivity index (χ3n) is 2.70. The first-order chi connectivity index (χ1) is 8.83. The molecule has 0 spiro atoms. The van der Waals surface area contributed by atoms with Crippen LogP contribution < -0.4 is 5.32 Å². The van der Waals surface area contributed by atoms with E-state index < -0.39 is 6.10 Å². The lowest BCUT2D eigenvalue weighted by Crippen LogP contribution is -2.11. The molecule has 2 N–H and O–H groups in total. The van der Waals surface area contributed by atoms with Gasteiger partial charge in [-0.25, -0.2) is 4.98 Å². The van der Waals surface area contributed by atoms with Gasteiger partial charge in [-0.1, -0.05) is 0 Å². The Kier molecular flexibility index (Phi) is 3.00. The van der Waals surface area contributed by atoms with Gasteiger partial charge in [0.1, 0.15) is 11.9 Å². The second-order valence-electron chi connectivity index (χ2n) is 3.95. The molecule has 2 aromatic heterocycles. The van der Waals surface area contributed by atoms with E-state index >= 15 is 0 Å². The third-order valence-corrected chi connectivity index (χ3v) is 3.49. The van der Waals surface area contributed by atoms with Gasteiger partial charge in [-0.15, -0.1) is 11.3 Å². The van der Waals surface area contributed by atoms with Gasteiger partial charge < -0.3 is 14.8 Å². The van der Waals surface area contributed by atoms with Gasteiger partial charge in [0.25, 0.3) is 0 Å². The number of hydrogen-bond donors (Lipinski definition) is 2. The summed E-state index contributed by atoms with van der Waals surface area (Å²) in [5.41, 5.74) is 3.79. The molecule has 18 heavy (non-hydrogen) atoms. The summed E-state index contributed by atoms with van der Waals surface area (Å²) >= 11 is 1.60. The number of rotatable bonds is 4. The zero-order valence-electron chi connectivity index (χ0n) is 9.54. The fourth-order valence-corrected chi connectivity index (χ4v) is 2.48. The van der Waals surface area contributed by atoms with Crippen molar-refractivity contribution in [2.75, 3.05) is 11.9 Å². The number of nitrogens with zero attached hydrogens (tertiary/aromatic N) is 1. The van der Waals surface area contributed by atoms with Crippen LogP contribution in [0.25, 0.3) is 10.2 Å². The van der Waals surface area contributed by atoms with Crippen LogP contribution in [0.15, 0.2) is 46.5 Å². The molecular weight excluding hydrogens is 248 g/mol. The highest BCUT2D eigenvalue weighted by Gasteiger charge is 2.09. The molecule has 0 radical (unpaired) electrons. The van der Waals surface area contributed by atoms with Crippen LogP contribution in [-0.2, 0) is 0 Å². The topological polar surface area (TPSA) is 58.3 Å². The quantitative estimate of drug-likeness (QED) is 0.757. The molecule has 0 saturated heterocycles. The number of nitrogens with one attached hydrogen (secondary N) is 1. The number of aliphatic hydroxyl groups excluding tert-OH is 1. The summed E-state index contributed by atoms with van der Waals surface area (Å²) in [5.74, 6) is 0.571. The SMILES string of the molecule is OC(CNc1ccc2ncsc2c1)c1ccco1.